The van der Waals surface area contributed by atoms with Crippen molar-refractivity contribution in [3.05, 3.63) is 69.5 Å². The minimum Gasteiger partial charge on any atom is -0.318 e. The Labute approximate surface area is 204 Å². The van der Waals surface area contributed by atoms with Crippen molar-refractivity contribution >= 4 is 29.3 Å². The van der Waals surface area contributed by atoms with Crippen LogP contribution in [0.2, 0.25) is 5.02 Å². The van der Waals surface area contributed by atoms with Crippen molar-refractivity contribution in [2.45, 2.75) is 25.3 Å². The summed E-state index contributed by atoms with van der Waals surface area (Å²) in [6, 6.07) is 3.09. The average molecular weight is 529 g/mol. The van der Waals surface area contributed by atoms with Crippen molar-refractivity contribution < 1.29 is 31.1 Å². The molecule has 7 nitrogen and oxygen atoms in total. The van der Waals surface area contributed by atoms with Crippen LogP contribution in [0.25, 0.3) is 5.69 Å². The number of anilines is 1. The molecule has 3 heterocycles. The van der Waals surface area contributed by atoms with E-state index >= 15 is 0 Å². The number of hydrogen-bond acceptors (Lipinski definition) is 4. The van der Waals surface area contributed by atoms with Gasteiger partial charge in [0.15, 0.2) is 5.82 Å². The minimum atomic E-state index is -4.88. The number of carbonyl (C=O) groups is 1. The number of halogens is 7. The zero-order chi connectivity index (χ0) is 25.9. The molecule has 2 aromatic carbocycles. The van der Waals surface area contributed by atoms with Crippen LogP contribution in [-0.4, -0.2) is 50.7 Å². The van der Waals surface area contributed by atoms with Gasteiger partial charge in [-0.15, -0.1) is 5.10 Å². The standard InChI is InChI=1S/C22H15ClF6N6O/c1-9-19-31-20(32-21(36)34-7-10(24)8-34)33-35(19)14-6-5-11(22(27,28)29)17(23)16(14)18(30-9)15-12(25)3-2-4-13(15)26/h2-6,9-10H,7-8H2,1H3,(H,32,33,36)/t9-/m0/s1. The minimum absolute atomic E-state index is 0.0566. The number of urea groups is 1. The van der Waals surface area contributed by atoms with Crippen LogP contribution < -0.4 is 5.32 Å². The molecule has 1 aromatic heterocycles. The molecule has 2 aliphatic rings. The number of aliphatic imine (C=N–C) groups is 1. The number of rotatable bonds is 2. The van der Waals surface area contributed by atoms with Gasteiger partial charge in [0.2, 0.25) is 0 Å². The molecule has 188 valence electrons. The molecule has 36 heavy (non-hydrogen) atoms. The number of nitrogens with zero attached hydrogens (tertiary/aromatic N) is 5. The third kappa shape index (κ3) is 3.96. The van der Waals surface area contributed by atoms with Gasteiger partial charge in [-0.05, 0) is 31.2 Å². The van der Waals surface area contributed by atoms with Crippen LogP contribution in [0.1, 0.15) is 35.5 Å². The molecule has 0 spiro atoms. The number of likely N-dealkylation sites (tertiary alicyclic amines) is 1. The second-order valence-electron chi connectivity index (χ2n) is 8.21. The lowest BCUT2D eigenvalue weighted by Crippen LogP contribution is -2.53. The number of aromatic nitrogens is 3. The van der Waals surface area contributed by atoms with Crippen LogP contribution in [0.4, 0.5) is 37.1 Å². The van der Waals surface area contributed by atoms with Crippen molar-refractivity contribution in [2.24, 2.45) is 4.99 Å². The summed E-state index contributed by atoms with van der Waals surface area (Å²) in [6.07, 6.45) is -6.01. The summed E-state index contributed by atoms with van der Waals surface area (Å²) < 4.78 is 84.8. The molecule has 1 atom stereocenters. The van der Waals surface area contributed by atoms with E-state index in [1.54, 1.807) is 0 Å². The Balaban J connectivity index is 1.69. The zero-order valence-corrected chi connectivity index (χ0v) is 19.0. The second-order valence-corrected chi connectivity index (χ2v) is 8.59. The first kappa shape index (κ1) is 24.1. The smallest absolute Gasteiger partial charge is 0.318 e. The number of hydrogen-bond donors (Lipinski definition) is 1. The molecule has 5 rings (SSSR count). The van der Waals surface area contributed by atoms with E-state index in [-0.39, 0.29) is 30.5 Å². The number of fused-ring (bicyclic) bond motifs is 3. The summed E-state index contributed by atoms with van der Waals surface area (Å²) in [5.41, 5.74) is -2.85. The summed E-state index contributed by atoms with van der Waals surface area (Å²) in [7, 11) is 0. The SMILES string of the molecule is C[C@@H]1N=C(c2c(F)cccc2F)c2c(ccc(C(F)(F)F)c2Cl)-n2nc(NC(=O)N3CC(F)C3)nc21. The Kier molecular flexibility index (Phi) is 5.69. The van der Waals surface area contributed by atoms with Gasteiger partial charge in [-0.2, -0.15) is 18.2 Å². The van der Waals surface area contributed by atoms with E-state index in [1.165, 1.54) is 11.8 Å². The van der Waals surface area contributed by atoms with E-state index in [0.717, 1.165) is 28.9 Å². The van der Waals surface area contributed by atoms with Gasteiger partial charge in [-0.25, -0.2) is 22.6 Å². The van der Waals surface area contributed by atoms with Crippen molar-refractivity contribution in [1.29, 1.82) is 0 Å². The molecule has 0 aliphatic carbocycles. The first-order valence-electron chi connectivity index (χ1n) is 10.5. The summed E-state index contributed by atoms with van der Waals surface area (Å²) >= 11 is 6.20. The topological polar surface area (TPSA) is 75.4 Å². The lowest BCUT2D eigenvalue weighted by molar-refractivity contribution is -0.137. The van der Waals surface area contributed by atoms with Gasteiger partial charge in [0, 0.05) is 5.56 Å². The zero-order valence-electron chi connectivity index (χ0n) is 18.2. The predicted molar refractivity (Wildman–Crippen MR) is 117 cm³/mol. The Morgan fingerprint density at radius 3 is 2.39 bits per heavy atom. The molecule has 1 saturated heterocycles. The highest BCUT2D eigenvalue weighted by Gasteiger charge is 2.38. The Morgan fingerprint density at radius 2 is 1.78 bits per heavy atom. The van der Waals surface area contributed by atoms with Crippen LogP contribution in [-0.2, 0) is 6.18 Å². The van der Waals surface area contributed by atoms with Gasteiger partial charge in [-0.3, -0.25) is 10.3 Å². The maximum Gasteiger partial charge on any atom is 0.417 e. The quantitative estimate of drug-likeness (QED) is 0.458. The fraction of sp³-hybridized carbons (Fsp3) is 0.273. The van der Waals surface area contributed by atoms with Gasteiger partial charge in [0.25, 0.3) is 5.95 Å². The number of benzene rings is 2. The molecule has 3 aromatic rings. The lowest BCUT2D eigenvalue weighted by atomic mass is 9.97. The van der Waals surface area contributed by atoms with E-state index < -0.39 is 63.5 Å². The highest BCUT2D eigenvalue weighted by atomic mass is 35.5. The number of alkyl halides is 4. The normalized spacial score (nSPS) is 17.6. The molecule has 0 radical (unpaired) electrons. The number of amides is 2. The molecule has 1 N–H and O–H groups in total. The van der Waals surface area contributed by atoms with E-state index in [2.05, 4.69) is 20.4 Å². The fourth-order valence-corrected chi connectivity index (χ4v) is 4.36. The van der Waals surface area contributed by atoms with Crippen LogP contribution in [0.15, 0.2) is 35.3 Å². The van der Waals surface area contributed by atoms with Gasteiger partial charge in [-0.1, -0.05) is 17.7 Å². The second kappa shape index (κ2) is 8.50. The van der Waals surface area contributed by atoms with Crippen molar-refractivity contribution in [1.82, 2.24) is 19.7 Å². The van der Waals surface area contributed by atoms with E-state index in [4.69, 9.17) is 11.6 Å². The third-order valence-corrected chi connectivity index (χ3v) is 6.15. The van der Waals surface area contributed by atoms with Gasteiger partial charge in [0.1, 0.15) is 23.8 Å². The largest absolute Gasteiger partial charge is 0.417 e. The van der Waals surface area contributed by atoms with Crippen molar-refractivity contribution in [2.75, 3.05) is 18.4 Å². The molecule has 14 heteroatoms. The van der Waals surface area contributed by atoms with E-state index in [0.29, 0.717) is 6.07 Å². The number of nitrogens with one attached hydrogen (secondary N) is 1. The molecule has 0 unspecified atom stereocenters. The maximum atomic E-state index is 14.8. The molecular weight excluding hydrogens is 514 g/mol. The summed E-state index contributed by atoms with van der Waals surface area (Å²) in [6.45, 7) is 1.28. The third-order valence-electron chi connectivity index (χ3n) is 5.76. The molecule has 2 amide bonds. The molecule has 1 fully saturated rings. The average Bonchev–Trinajstić information content (AvgIpc) is 3.14. The summed E-state index contributed by atoms with van der Waals surface area (Å²) in [4.78, 5) is 21.9. The molecule has 0 saturated carbocycles. The van der Waals surface area contributed by atoms with Crippen molar-refractivity contribution in [3.8, 4) is 5.69 Å². The van der Waals surface area contributed by atoms with Crippen LogP contribution in [0, 0.1) is 11.6 Å². The maximum absolute atomic E-state index is 14.8. The van der Waals surface area contributed by atoms with Crippen molar-refractivity contribution in [3.63, 3.8) is 0 Å². The highest BCUT2D eigenvalue weighted by molar-refractivity contribution is 6.37. The van der Waals surface area contributed by atoms with E-state index in [1.807, 2.05) is 0 Å². The van der Waals surface area contributed by atoms with Crippen LogP contribution >= 0.6 is 11.6 Å². The van der Waals surface area contributed by atoms with Crippen LogP contribution in [0.3, 0.4) is 0 Å². The monoisotopic (exact) mass is 528 g/mol. The van der Waals surface area contributed by atoms with Gasteiger partial charge >= 0.3 is 12.2 Å². The summed E-state index contributed by atoms with van der Waals surface area (Å²) in [5.74, 6) is -2.27. The Hall–Kier alpha value is -3.61. The Bertz CT molecular complexity index is 1390. The number of carbonyl (C=O) groups excluding carboxylic acids is 1. The first-order valence-corrected chi connectivity index (χ1v) is 10.9. The molecule has 0 bridgehead atoms. The fourth-order valence-electron chi connectivity index (χ4n) is 4.01. The summed E-state index contributed by atoms with van der Waals surface area (Å²) in [5, 5.41) is 5.73. The lowest BCUT2D eigenvalue weighted by Gasteiger charge is -2.33. The predicted octanol–water partition coefficient (Wildman–Crippen LogP) is 5.32. The Morgan fingerprint density at radius 1 is 1.11 bits per heavy atom. The first-order chi connectivity index (χ1) is 17.0. The highest BCUT2D eigenvalue weighted by Crippen LogP contribution is 2.42. The van der Waals surface area contributed by atoms with Gasteiger partial charge < -0.3 is 4.90 Å². The molecule has 2 aliphatic heterocycles. The van der Waals surface area contributed by atoms with E-state index in [9.17, 15) is 31.1 Å². The van der Waals surface area contributed by atoms with Gasteiger partial charge in [0.05, 0.1) is 40.6 Å². The molecular formula is C22H15ClF6N6O. The van der Waals surface area contributed by atoms with Crippen LogP contribution in [0.5, 0.6) is 0 Å².